The summed E-state index contributed by atoms with van der Waals surface area (Å²) in [5, 5.41) is 1.62. The third-order valence-corrected chi connectivity index (χ3v) is 4.40. The number of nitrogens with zero attached hydrogens (tertiary/aromatic N) is 1. The van der Waals surface area contributed by atoms with E-state index in [0.29, 0.717) is 18.0 Å². The first-order chi connectivity index (χ1) is 10.2. The Bertz CT molecular complexity index is 713. The molecule has 0 bridgehead atoms. The smallest absolute Gasteiger partial charge is 0.227 e. The molecule has 0 aliphatic carbocycles. The Morgan fingerprint density at radius 3 is 3.19 bits per heavy atom. The molecular weight excluding hydrogens is 284 g/mol. The van der Waals surface area contributed by atoms with Gasteiger partial charge in [-0.25, -0.2) is 0 Å². The first kappa shape index (κ1) is 14.0. The molecule has 3 rings (SSSR count). The highest BCUT2D eigenvalue weighted by Crippen LogP contribution is 2.27. The summed E-state index contributed by atoms with van der Waals surface area (Å²) >= 11 is 6.25. The molecular formula is C17H17ClN2O. The number of carbonyl (C=O) groups is 1. The lowest BCUT2D eigenvalue weighted by molar-refractivity contribution is -0.131. The Morgan fingerprint density at radius 2 is 2.38 bits per heavy atom. The van der Waals surface area contributed by atoms with Crippen molar-refractivity contribution in [2.75, 3.05) is 13.1 Å². The number of fused-ring (bicyclic) bond motifs is 1. The molecule has 108 valence electrons. The maximum Gasteiger partial charge on any atom is 0.227 e. The average Bonchev–Trinajstić information content (AvgIpc) is 2.92. The van der Waals surface area contributed by atoms with E-state index in [1.807, 2.05) is 29.3 Å². The van der Waals surface area contributed by atoms with Crippen molar-refractivity contribution in [3.8, 4) is 12.3 Å². The van der Waals surface area contributed by atoms with Crippen molar-refractivity contribution in [3.63, 3.8) is 0 Å². The van der Waals surface area contributed by atoms with Gasteiger partial charge in [0.2, 0.25) is 5.91 Å². The second kappa shape index (κ2) is 5.83. The van der Waals surface area contributed by atoms with Crippen molar-refractivity contribution in [2.45, 2.75) is 19.3 Å². The summed E-state index contributed by atoms with van der Waals surface area (Å²) in [5.74, 6) is 3.08. The number of aromatic amines is 1. The number of carbonyl (C=O) groups excluding carboxylic acids is 1. The predicted molar refractivity (Wildman–Crippen MR) is 85.1 cm³/mol. The Balaban J connectivity index is 1.79. The van der Waals surface area contributed by atoms with Crippen LogP contribution in [-0.2, 0) is 11.2 Å². The second-order valence-electron chi connectivity index (χ2n) is 5.50. The number of benzene rings is 1. The highest BCUT2D eigenvalue weighted by Gasteiger charge is 2.23. The molecule has 1 amide bonds. The van der Waals surface area contributed by atoms with Gasteiger partial charge in [-0.1, -0.05) is 17.7 Å². The van der Waals surface area contributed by atoms with Gasteiger partial charge in [-0.2, -0.15) is 0 Å². The molecule has 2 aromatic rings. The standard InChI is InChI=1S/C17H17ClN2O/c1-2-12-5-4-8-20(11-12)16(21)9-13-10-19-15-7-3-6-14(18)17(13)15/h1,3,6-7,10,12,19H,4-5,8-9,11H2. The third kappa shape index (κ3) is 2.77. The van der Waals surface area contributed by atoms with Crippen LogP contribution in [0.4, 0.5) is 0 Å². The zero-order valence-electron chi connectivity index (χ0n) is 11.7. The van der Waals surface area contributed by atoms with E-state index in [1.165, 1.54) is 0 Å². The Kier molecular flexibility index (Phi) is 3.90. The van der Waals surface area contributed by atoms with Crippen LogP contribution in [0.1, 0.15) is 18.4 Å². The largest absolute Gasteiger partial charge is 0.361 e. The average molecular weight is 301 g/mol. The maximum atomic E-state index is 12.5. The van der Waals surface area contributed by atoms with E-state index in [2.05, 4.69) is 10.9 Å². The molecule has 1 aliphatic rings. The highest BCUT2D eigenvalue weighted by molar-refractivity contribution is 6.35. The molecule has 1 unspecified atom stereocenters. The van der Waals surface area contributed by atoms with Crippen LogP contribution < -0.4 is 0 Å². The number of terminal acetylenes is 1. The molecule has 21 heavy (non-hydrogen) atoms. The van der Waals surface area contributed by atoms with Gasteiger partial charge in [0.15, 0.2) is 0 Å². The van der Waals surface area contributed by atoms with Crippen LogP contribution in [-0.4, -0.2) is 28.9 Å². The lowest BCUT2D eigenvalue weighted by Gasteiger charge is -2.30. The number of piperidine rings is 1. The molecule has 1 aromatic carbocycles. The lowest BCUT2D eigenvalue weighted by Crippen LogP contribution is -2.40. The predicted octanol–water partition coefficient (Wildman–Crippen LogP) is 3.24. The van der Waals surface area contributed by atoms with Crippen molar-refractivity contribution in [2.24, 2.45) is 5.92 Å². The molecule has 1 N–H and O–H groups in total. The molecule has 1 atom stereocenters. The van der Waals surface area contributed by atoms with E-state index in [4.69, 9.17) is 18.0 Å². The van der Waals surface area contributed by atoms with Gasteiger partial charge in [0, 0.05) is 36.1 Å². The molecule has 0 spiro atoms. The van der Waals surface area contributed by atoms with Crippen molar-refractivity contribution in [1.82, 2.24) is 9.88 Å². The van der Waals surface area contributed by atoms with Crippen LogP contribution in [0.2, 0.25) is 5.02 Å². The fourth-order valence-corrected chi connectivity index (χ4v) is 3.26. The van der Waals surface area contributed by atoms with E-state index >= 15 is 0 Å². The number of hydrogen-bond acceptors (Lipinski definition) is 1. The van der Waals surface area contributed by atoms with Crippen LogP contribution in [0.3, 0.4) is 0 Å². The lowest BCUT2D eigenvalue weighted by atomic mass is 9.98. The van der Waals surface area contributed by atoms with Gasteiger partial charge < -0.3 is 9.88 Å². The summed E-state index contributed by atoms with van der Waals surface area (Å²) in [6.07, 6.45) is 9.71. The first-order valence-corrected chi connectivity index (χ1v) is 7.55. The van der Waals surface area contributed by atoms with E-state index in [0.717, 1.165) is 35.9 Å². The van der Waals surface area contributed by atoms with Gasteiger partial charge in [-0.15, -0.1) is 12.3 Å². The van der Waals surface area contributed by atoms with Gasteiger partial charge in [0.1, 0.15) is 0 Å². The number of halogens is 1. The van der Waals surface area contributed by atoms with Crippen molar-refractivity contribution >= 4 is 28.4 Å². The monoisotopic (exact) mass is 300 g/mol. The first-order valence-electron chi connectivity index (χ1n) is 7.17. The Labute approximate surface area is 129 Å². The fraction of sp³-hybridized carbons (Fsp3) is 0.353. The fourth-order valence-electron chi connectivity index (χ4n) is 2.96. The summed E-state index contributed by atoms with van der Waals surface area (Å²) < 4.78 is 0. The van der Waals surface area contributed by atoms with E-state index in [9.17, 15) is 4.79 Å². The van der Waals surface area contributed by atoms with E-state index < -0.39 is 0 Å². The number of nitrogens with one attached hydrogen (secondary N) is 1. The van der Waals surface area contributed by atoms with Crippen LogP contribution in [0.25, 0.3) is 10.9 Å². The molecule has 1 fully saturated rings. The number of H-pyrrole nitrogens is 1. The molecule has 3 nitrogen and oxygen atoms in total. The van der Waals surface area contributed by atoms with Crippen molar-refractivity contribution < 1.29 is 4.79 Å². The molecule has 1 aliphatic heterocycles. The number of amides is 1. The molecule has 1 aromatic heterocycles. The maximum absolute atomic E-state index is 12.5. The highest BCUT2D eigenvalue weighted by atomic mass is 35.5. The van der Waals surface area contributed by atoms with E-state index in [-0.39, 0.29) is 11.8 Å². The van der Waals surface area contributed by atoms with Crippen LogP contribution in [0.15, 0.2) is 24.4 Å². The normalized spacial score (nSPS) is 18.7. The molecule has 0 radical (unpaired) electrons. The zero-order chi connectivity index (χ0) is 14.8. The summed E-state index contributed by atoms with van der Waals surface area (Å²) in [5.41, 5.74) is 1.91. The molecule has 1 saturated heterocycles. The molecule has 2 heterocycles. The summed E-state index contributed by atoms with van der Waals surface area (Å²) in [7, 11) is 0. The van der Waals surface area contributed by atoms with Gasteiger partial charge in [-0.05, 0) is 30.5 Å². The van der Waals surface area contributed by atoms with Crippen LogP contribution in [0, 0.1) is 18.3 Å². The van der Waals surface area contributed by atoms with E-state index in [1.54, 1.807) is 0 Å². The van der Waals surface area contributed by atoms with Crippen LogP contribution >= 0.6 is 11.6 Å². The van der Waals surface area contributed by atoms with Crippen molar-refractivity contribution in [3.05, 3.63) is 35.0 Å². The Morgan fingerprint density at radius 1 is 1.52 bits per heavy atom. The SMILES string of the molecule is C#CC1CCCN(C(=O)Cc2c[nH]c3cccc(Cl)c23)C1. The van der Waals surface area contributed by atoms with Gasteiger partial charge in [-0.3, -0.25) is 4.79 Å². The number of hydrogen-bond donors (Lipinski definition) is 1. The molecule has 0 saturated carbocycles. The van der Waals surface area contributed by atoms with Gasteiger partial charge >= 0.3 is 0 Å². The molecule has 4 heteroatoms. The summed E-state index contributed by atoms with van der Waals surface area (Å²) in [4.78, 5) is 17.5. The minimum atomic E-state index is 0.121. The third-order valence-electron chi connectivity index (χ3n) is 4.09. The Hall–Kier alpha value is -1.92. The van der Waals surface area contributed by atoms with Gasteiger partial charge in [0.05, 0.1) is 11.4 Å². The summed E-state index contributed by atoms with van der Waals surface area (Å²) in [6, 6.07) is 5.71. The topological polar surface area (TPSA) is 36.1 Å². The summed E-state index contributed by atoms with van der Waals surface area (Å²) in [6.45, 7) is 1.47. The number of aromatic nitrogens is 1. The van der Waals surface area contributed by atoms with Crippen LogP contribution in [0.5, 0.6) is 0 Å². The minimum absolute atomic E-state index is 0.121. The number of rotatable bonds is 2. The van der Waals surface area contributed by atoms with Crippen molar-refractivity contribution in [1.29, 1.82) is 0 Å². The minimum Gasteiger partial charge on any atom is -0.361 e. The second-order valence-corrected chi connectivity index (χ2v) is 5.91. The quantitative estimate of drug-likeness (QED) is 0.849. The number of likely N-dealkylation sites (tertiary alicyclic amines) is 1. The van der Waals surface area contributed by atoms with Gasteiger partial charge in [0.25, 0.3) is 0 Å². The zero-order valence-corrected chi connectivity index (χ0v) is 12.5.